The number of hydrogen-bond acceptors (Lipinski definition) is 5. The van der Waals surface area contributed by atoms with Gasteiger partial charge in [0.25, 0.3) is 0 Å². The molecule has 0 unspecified atom stereocenters. The lowest BCUT2D eigenvalue weighted by molar-refractivity contribution is 0.0956. The highest BCUT2D eigenvalue weighted by molar-refractivity contribution is 5.99. The van der Waals surface area contributed by atoms with E-state index in [1.54, 1.807) is 0 Å². The largest absolute Gasteiger partial charge is 0.493 e. The number of ether oxygens (including phenoxy) is 2. The maximum atomic E-state index is 12.6. The van der Waals surface area contributed by atoms with Crippen molar-refractivity contribution in [1.82, 2.24) is 10.2 Å². The number of benzene rings is 1. The second-order valence-electron chi connectivity index (χ2n) is 6.12. The van der Waals surface area contributed by atoms with Crippen LogP contribution in [-0.4, -0.2) is 56.6 Å². The van der Waals surface area contributed by atoms with Gasteiger partial charge in [-0.3, -0.25) is 4.79 Å². The van der Waals surface area contributed by atoms with Gasteiger partial charge in [0, 0.05) is 45.2 Å². The van der Waals surface area contributed by atoms with E-state index in [1.807, 2.05) is 18.2 Å². The number of nitrogens with zero attached hydrogens (tertiary/aromatic N) is 1. The van der Waals surface area contributed by atoms with Crippen LogP contribution in [-0.2, 0) is 0 Å². The molecule has 0 radical (unpaired) electrons. The monoisotopic (exact) mass is 334 g/mol. The average molecular weight is 334 g/mol. The van der Waals surface area contributed by atoms with E-state index in [1.165, 1.54) is 0 Å². The zero-order chi connectivity index (χ0) is 17.2. The number of piperazine rings is 1. The SMILES string of the molecule is CCCOc1ccc(C(=O)CCN2CCNCC2)c(OCCC)c1. The van der Waals surface area contributed by atoms with E-state index in [-0.39, 0.29) is 5.78 Å². The topological polar surface area (TPSA) is 50.8 Å². The predicted molar refractivity (Wildman–Crippen MR) is 96.3 cm³/mol. The van der Waals surface area contributed by atoms with E-state index in [4.69, 9.17) is 9.47 Å². The Labute approximate surface area is 145 Å². The summed E-state index contributed by atoms with van der Waals surface area (Å²) in [6.45, 7) is 10.2. The molecular weight excluding hydrogens is 304 g/mol. The minimum atomic E-state index is 0.140. The summed E-state index contributed by atoms with van der Waals surface area (Å²) < 4.78 is 11.5. The fraction of sp³-hybridized carbons (Fsp3) is 0.632. The van der Waals surface area contributed by atoms with Gasteiger partial charge in [0.15, 0.2) is 5.78 Å². The summed E-state index contributed by atoms with van der Waals surface area (Å²) >= 11 is 0. The Bertz CT molecular complexity index is 513. The molecule has 0 atom stereocenters. The molecule has 0 amide bonds. The van der Waals surface area contributed by atoms with Crippen LogP contribution < -0.4 is 14.8 Å². The number of nitrogens with one attached hydrogen (secondary N) is 1. The Hall–Kier alpha value is -1.59. The Balaban J connectivity index is 2.00. The van der Waals surface area contributed by atoms with E-state index in [0.717, 1.165) is 51.3 Å². The third-order valence-electron chi connectivity index (χ3n) is 4.05. The molecule has 1 aromatic rings. The van der Waals surface area contributed by atoms with Crippen molar-refractivity contribution in [1.29, 1.82) is 0 Å². The first-order valence-electron chi connectivity index (χ1n) is 9.10. The van der Waals surface area contributed by atoms with Crippen LogP contribution in [0.25, 0.3) is 0 Å². The lowest BCUT2D eigenvalue weighted by atomic mass is 10.1. The highest BCUT2D eigenvalue weighted by Gasteiger charge is 2.16. The molecule has 0 aromatic heterocycles. The summed E-state index contributed by atoms with van der Waals surface area (Å²) in [5.74, 6) is 1.55. The van der Waals surface area contributed by atoms with Crippen molar-refractivity contribution in [2.24, 2.45) is 0 Å². The smallest absolute Gasteiger partial charge is 0.167 e. The van der Waals surface area contributed by atoms with Crippen molar-refractivity contribution in [3.05, 3.63) is 23.8 Å². The van der Waals surface area contributed by atoms with Crippen molar-refractivity contribution in [3.8, 4) is 11.5 Å². The zero-order valence-electron chi connectivity index (χ0n) is 15.0. The molecular formula is C19H30N2O3. The van der Waals surface area contributed by atoms with Crippen molar-refractivity contribution < 1.29 is 14.3 Å². The quantitative estimate of drug-likeness (QED) is 0.667. The maximum Gasteiger partial charge on any atom is 0.167 e. The molecule has 1 aromatic carbocycles. The summed E-state index contributed by atoms with van der Waals surface area (Å²) in [7, 11) is 0. The Morgan fingerprint density at radius 3 is 2.54 bits per heavy atom. The van der Waals surface area contributed by atoms with Gasteiger partial charge in [-0.2, -0.15) is 0 Å². The number of rotatable bonds is 10. The van der Waals surface area contributed by atoms with E-state index >= 15 is 0 Å². The molecule has 1 aliphatic heterocycles. The Morgan fingerprint density at radius 1 is 1.12 bits per heavy atom. The molecule has 1 saturated heterocycles. The lowest BCUT2D eigenvalue weighted by Crippen LogP contribution is -2.44. The van der Waals surface area contributed by atoms with Gasteiger partial charge < -0.3 is 19.7 Å². The highest BCUT2D eigenvalue weighted by atomic mass is 16.5. The molecule has 24 heavy (non-hydrogen) atoms. The van der Waals surface area contributed by atoms with Crippen molar-refractivity contribution >= 4 is 5.78 Å². The molecule has 1 aliphatic rings. The fourth-order valence-corrected chi connectivity index (χ4v) is 2.70. The molecule has 0 spiro atoms. The molecule has 1 heterocycles. The number of Topliss-reactive ketones (excluding diaryl/α,β-unsaturated/α-hetero) is 1. The molecule has 0 saturated carbocycles. The summed E-state index contributed by atoms with van der Waals surface area (Å²) in [6.07, 6.45) is 2.39. The van der Waals surface area contributed by atoms with Gasteiger partial charge in [-0.15, -0.1) is 0 Å². The molecule has 134 valence electrons. The van der Waals surface area contributed by atoms with Gasteiger partial charge in [0.05, 0.1) is 18.8 Å². The second-order valence-corrected chi connectivity index (χ2v) is 6.12. The highest BCUT2D eigenvalue weighted by Crippen LogP contribution is 2.26. The minimum Gasteiger partial charge on any atom is -0.493 e. The van der Waals surface area contributed by atoms with Crippen LogP contribution >= 0.6 is 0 Å². The number of ketones is 1. The first kappa shape index (κ1) is 18.7. The van der Waals surface area contributed by atoms with Gasteiger partial charge in [-0.25, -0.2) is 0 Å². The predicted octanol–water partition coefficient (Wildman–Crippen LogP) is 2.74. The molecule has 0 aliphatic carbocycles. The maximum absolute atomic E-state index is 12.6. The van der Waals surface area contributed by atoms with Crippen LogP contribution in [0.1, 0.15) is 43.5 Å². The first-order chi connectivity index (χ1) is 11.7. The number of hydrogen-bond donors (Lipinski definition) is 1. The minimum absolute atomic E-state index is 0.140. The standard InChI is InChI=1S/C19H30N2O3/c1-3-13-23-16-5-6-17(19(15-16)24-14-4-2)18(22)7-10-21-11-8-20-9-12-21/h5-6,15,20H,3-4,7-14H2,1-2H3. The molecule has 5 nitrogen and oxygen atoms in total. The molecule has 1 fully saturated rings. The molecule has 5 heteroatoms. The van der Waals surface area contributed by atoms with E-state index in [2.05, 4.69) is 24.1 Å². The van der Waals surface area contributed by atoms with Gasteiger partial charge in [0.2, 0.25) is 0 Å². The van der Waals surface area contributed by atoms with Gasteiger partial charge in [0.1, 0.15) is 11.5 Å². The normalized spacial score (nSPS) is 15.2. The third-order valence-corrected chi connectivity index (χ3v) is 4.05. The van der Waals surface area contributed by atoms with E-state index in [9.17, 15) is 4.79 Å². The summed E-state index contributed by atoms with van der Waals surface area (Å²) in [6, 6.07) is 5.56. The summed E-state index contributed by atoms with van der Waals surface area (Å²) in [5, 5.41) is 3.33. The fourth-order valence-electron chi connectivity index (χ4n) is 2.70. The van der Waals surface area contributed by atoms with E-state index in [0.29, 0.717) is 30.9 Å². The van der Waals surface area contributed by atoms with Gasteiger partial charge >= 0.3 is 0 Å². The zero-order valence-corrected chi connectivity index (χ0v) is 15.0. The summed E-state index contributed by atoms with van der Waals surface area (Å²) in [4.78, 5) is 15.0. The Morgan fingerprint density at radius 2 is 1.83 bits per heavy atom. The van der Waals surface area contributed by atoms with Crippen LogP contribution in [0.4, 0.5) is 0 Å². The van der Waals surface area contributed by atoms with Gasteiger partial charge in [-0.05, 0) is 25.0 Å². The van der Waals surface area contributed by atoms with Crippen LogP contribution in [0.2, 0.25) is 0 Å². The van der Waals surface area contributed by atoms with Crippen LogP contribution in [0, 0.1) is 0 Å². The van der Waals surface area contributed by atoms with Crippen LogP contribution in [0.3, 0.4) is 0 Å². The Kier molecular flexibility index (Phi) is 8.05. The lowest BCUT2D eigenvalue weighted by Gasteiger charge is -2.26. The number of carbonyl (C=O) groups is 1. The molecule has 2 rings (SSSR count). The van der Waals surface area contributed by atoms with Crippen LogP contribution in [0.15, 0.2) is 18.2 Å². The van der Waals surface area contributed by atoms with Crippen molar-refractivity contribution in [2.75, 3.05) is 45.9 Å². The third kappa shape index (κ3) is 5.80. The molecule has 1 N–H and O–H groups in total. The van der Waals surface area contributed by atoms with Crippen molar-refractivity contribution in [3.63, 3.8) is 0 Å². The number of carbonyl (C=O) groups excluding carboxylic acids is 1. The van der Waals surface area contributed by atoms with Gasteiger partial charge in [-0.1, -0.05) is 13.8 Å². The van der Waals surface area contributed by atoms with Crippen molar-refractivity contribution in [2.45, 2.75) is 33.1 Å². The molecule has 0 bridgehead atoms. The van der Waals surface area contributed by atoms with Crippen LogP contribution in [0.5, 0.6) is 11.5 Å². The summed E-state index contributed by atoms with van der Waals surface area (Å²) in [5.41, 5.74) is 0.669. The van der Waals surface area contributed by atoms with E-state index < -0.39 is 0 Å². The first-order valence-corrected chi connectivity index (χ1v) is 9.10. The second kappa shape index (κ2) is 10.3. The average Bonchev–Trinajstić information content (AvgIpc) is 2.63.